The Bertz CT molecular complexity index is 511. The molecule has 0 aliphatic rings. The third-order valence-electron chi connectivity index (χ3n) is 2.79. The highest BCUT2D eigenvalue weighted by molar-refractivity contribution is 9.10. The Morgan fingerprint density at radius 1 is 1.22 bits per heavy atom. The SMILES string of the molecule is CCCC(N)c1ncc(-c2ccccc2Br)cn1. The molecular formula is C14H16BrN3. The van der Waals surface area contributed by atoms with Gasteiger partial charge in [0.1, 0.15) is 5.82 Å². The standard InChI is InChI=1S/C14H16BrN3/c1-2-5-13(16)14-17-8-10(9-18-14)11-6-3-4-7-12(11)15/h3-4,6-9,13H,2,5,16H2,1H3. The molecule has 1 heterocycles. The van der Waals surface area contributed by atoms with Gasteiger partial charge in [0.25, 0.3) is 0 Å². The number of nitrogens with two attached hydrogens (primary N) is 1. The lowest BCUT2D eigenvalue weighted by molar-refractivity contribution is 0.602. The summed E-state index contributed by atoms with van der Waals surface area (Å²) in [5.74, 6) is 0.715. The fourth-order valence-corrected chi connectivity index (χ4v) is 2.32. The maximum atomic E-state index is 5.99. The zero-order valence-electron chi connectivity index (χ0n) is 10.3. The second-order valence-electron chi connectivity index (χ2n) is 4.20. The Morgan fingerprint density at radius 3 is 2.50 bits per heavy atom. The fraction of sp³-hybridized carbons (Fsp3) is 0.286. The van der Waals surface area contributed by atoms with Crippen LogP contribution in [0.15, 0.2) is 41.1 Å². The molecule has 1 atom stereocenters. The first-order valence-electron chi connectivity index (χ1n) is 6.04. The molecule has 94 valence electrons. The van der Waals surface area contributed by atoms with Gasteiger partial charge in [0.05, 0.1) is 6.04 Å². The minimum absolute atomic E-state index is 0.0664. The molecule has 3 nitrogen and oxygen atoms in total. The molecule has 0 aliphatic heterocycles. The van der Waals surface area contributed by atoms with Crippen LogP contribution in [0.5, 0.6) is 0 Å². The van der Waals surface area contributed by atoms with Crippen molar-refractivity contribution in [2.24, 2.45) is 5.73 Å². The van der Waals surface area contributed by atoms with Crippen molar-refractivity contribution in [3.63, 3.8) is 0 Å². The van der Waals surface area contributed by atoms with Crippen LogP contribution in [0.3, 0.4) is 0 Å². The molecule has 2 N–H and O–H groups in total. The molecule has 2 aromatic rings. The molecular weight excluding hydrogens is 290 g/mol. The number of nitrogens with zero attached hydrogens (tertiary/aromatic N) is 2. The van der Waals surface area contributed by atoms with Crippen LogP contribution in [0, 0.1) is 0 Å². The van der Waals surface area contributed by atoms with Gasteiger partial charge in [0, 0.05) is 22.4 Å². The molecule has 18 heavy (non-hydrogen) atoms. The number of aromatic nitrogens is 2. The van der Waals surface area contributed by atoms with E-state index in [1.807, 2.05) is 36.7 Å². The van der Waals surface area contributed by atoms with E-state index in [0.717, 1.165) is 28.4 Å². The van der Waals surface area contributed by atoms with Crippen LogP contribution in [0.2, 0.25) is 0 Å². The predicted molar refractivity (Wildman–Crippen MR) is 77.0 cm³/mol. The van der Waals surface area contributed by atoms with E-state index in [9.17, 15) is 0 Å². The number of benzene rings is 1. The summed E-state index contributed by atoms with van der Waals surface area (Å²) < 4.78 is 1.04. The lowest BCUT2D eigenvalue weighted by atomic mass is 10.1. The summed E-state index contributed by atoms with van der Waals surface area (Å²) in [5, 5.41) is 0. The summed E-state index contributed by atoms with van der Waals surface area (Å²) in [6.45, 7) is 2.11. The van der Waals surface area contributed by atoms with Gasteiger partial charge >= 0.3 is 0 Å². The molecule has 0 amide bonds. The van der Waals surface area contributed by atoms with Gasteiger partial charge in [-0.1, -0.05) is 47.5 Å². The number of halogens is 1. The van der Waals surface area contributed by atoms with Crippen molar-refractivity contribution in [1.82, 2.24) is 9.97 Å². The van der Waals surface area contributed by atoms with Crippen molar-refractivity contribution >= 4 is 15.9 Å². The summed E-state index contributed by atoms with van der Waals surface area (Å²) in [6.07, 6.45) is 5.61. The quantitative estimate of drug-likeness (QED) is 0.937. The molecule has 1 aromatic heterocycles. The Morgan fingerprint density at radius 2 is 1.89 bits per heavy atom. The Balaban J connectivity index is 2.25. The number of hydrogen-bond donors (Lipinski definition) is 1. The molecule has 0 fully saturated rings. The predicted octanol–water partition coefficient (Wildman–Crippen LogP) is 3.71. The van der Waals surface area contributed by atoms with Crippen LogP contribution in [-0.2, 0) is 0 Å². The summed E-state index contributed by atoms with van der Waals surface area (Å²) in [7, 11) is 0. The first-order valence-corrected chi connectivity index (χ1v) is 6.84. The summed E-state index contributed by atoms with van der Waals surface area (Å²) in [5.41, 5.74) is 8.08. The van der Waals surface area contributed by atoms with Gasteiger partial charge in [-0.2, -0.15) is 0 Å². The van der Waals surface area contributed by atoms with Crippen LogP contribution >= 0.6 is 15.9 Å². The van der Waals surface area contributed by atoms with Crippen molar-refractivity contribution in [3.05, 3.63) is 47.0 Å². The average Bonchev–Trinajstić information content (AvgIpc) is 2.40. The summed E-state index contributed by atoms with van der Waals surface area (Å²) >= 11 is 3.53. The highest BCUT2D eigenvalue weighted by atomic mass is 79.9. The second-order valence-corrected chi connectivity index (χ2v) is 5.06. The van der Waals surface area contributed by atoms with Gasteiger partial charge in [-0.05, 0) is 18.1 Å². The summed E-state index contributed by atoms with van der Waals surface area (Å²) in [6, 6.07) is 7.96. The third kappa shape index (κ3) is 2.94. The van der Waals surface area contributed by atoms with Crippen LogP contribution in [0.25, 0.3) is 11.1 Å². The monoisotopic (exact) mass is 305 g/mol. The van der Waals surface area contributed by atoms with E-state index in [4.69, 9.17) is 5.73 Å². The van der Waals surface area contributed by atoms with Crippen molar-refractivity contribution in [3.8, 4) is 11.1 Å². The third-order valence-corrected chi connectivity index (χ3v) is 3.48. The van der Waals surface area contributed by atoms with Crippen LogP contribution in [0.4, 0.5) is 0 Å². The highest BCUT2D eigenvalue weighted by Crippen LogP contribution is 2.27. The maximum absolute atomic E-state index is 5.99. The second kappa shape index (κ2) is 6.07. The number of hydrogen-bond acceptors (Lipinski definition) is 3. The van der Waals surface area contributed by atoms with E-state index in [0.29, 0.717) is 5.82 Å². The largest absolute Gasteiger partial charge is 0.321 e. The van der Waals surface area contributed by atoms with Crippen molar-refractivity contribution in [2.45, 2.75) is 25.8 Å². The minimum Gasteiger partial charge on any atom is -0.321 e. The minimum atomic E-state index is -0.0664. The molecule has 1 aromatic carbocycles. The first kappa shape index (κ1) is 13.2. The molecule has 0 saturated carbocycles. The van der Waals surface area contributed by atoms with E-state index in [2.05, 4.69) is 32.8 Å². The smallest absolute Gasteiger partial charge is 0.144 e. The maximum Gasteiger partial charge on any atom is 0.144 e. The van der Waals surface area contributed by atoms with Gasteiger partial charge in [-0.15, -0.1) is 0 Å². The summed E-state index contributed by atoms with van der Waals surface area (Å²) in [4.78, 5) is 8.72. The van der Waals surface area contributed by atoms with Crippen LogP contribution in [-0.4, -0.2) is 9.97 Å². The van der Waals surface area contributed by atoms with Gasteiger partial charge < -0.3 is 5.73 Å². The lowest BCUT2D eigenvalue weighted by Crippen LogP contribution is -2.13. The molecule has 0 bridgehead atoms. The van der Waals surface area contributed by atoms with Gasteiger partial charge in [0.15, 0.2) is 0 Å². The van der Waals surface area contributed by atoms with E-state index in [-0.39, 0.29) is 6.04 Å². The van der Waals surface area contributed by atoms with Gasteiger partial charge in [-0.3, -0.25) is 0 Å². The first-order chi connectivity index (χ1) is 8.72. The molecule has 2 rings (SSSR count). The Hall–Kier alpha value is -1.26. The van der Waals surface area contributed by atoms with Crippen LogP contribution < -0.4 is 5.73 Å². The Kier molecular flexibility index (Phi) is 4.44. The van der Waals surface area contributed by atoms with E-state index < -0.39 is 0 Å². The topological polar surface area (TPSA) is 51.8 Å². The molecule has 0 saturated heterocycles. The molecule has 4 heteroatoms. The molecule has 0 radical (unpaired) electrons. The molecule has 1 unspecified atom stereocenters. The zero-order chi connectivity index (χ0) is 13.0. The fourth-order valence-electron chi connectivity index (χ4n) is 1.80. The molecule has 0 aliphatic carbocycles. The average molecular weight is 306 g/mol. The van der Waals surface area contributed by atoms with Crippen LogP contribution in [0.1, 0.15) is 31.6 Å². The van der Waals surface area contributed by atoms with Crippen molar-refractivity contribution < 1.29 is 0 Å². The van der Waals surface area contributed by atoms with Crippen molar-refractivity contribution in [1.29, 1.82) is 0 Å². The zero-order valence-corrected chi connectivity index (χ0v) is 11.9. The van der Waals surface area contributed by atoms with Gasteiger partial charge in [0.2, 0.25) is 0 Å². The normalized spacial score (nSPS) is 12.4. The number of rotatable bonds is 4. The van der Waals surface area contributed by atoms with E-state index in [1.165, 1.54) is 0 Å². The van der Waals surface area contributed by atoms with Gasteiger partial charge in [-0.25, -0.2) is 9.97 Å². The van der Waals surface area contributed by atoms with E-state index >= 15 is 0 Å². The van der Waals surface area contributed by atoms with E-state index in [1.54, 1.807) is 0 Å². The highest BCUT2D eigenvalue weighted by Gasteiger charge is 2.09. The van der Waals surface area contributed by atoms with Crippen molar-refractivity contribution in [2.75, 3.05) is 0 Å². The molecule has 0 spiro atoms. The lowest BCUT2D eigenvalue weighted by Gasteiger charge is -2.09. The Labute approximate surface area is 116 Å².